The van der Waals surface area contributed by atoms with Crippen molar-refractivity contribution in [3.8, 4) is 11.5 Å². The number of nitrogens with one attached hydrogen (secondary N) is 1. The minimum atomic E-state index is -0.677. The zero-order valence-electron chi connectivity index (χ0n) is 14.7. The molecule has 2 aromatic rings. The Bertz CT molecular complexity index is 725. The molecule has 132 valence electrons. The zero-order valence-corrected chi connectivity index (χ0v) is 14.7. The second-order valence-corrected chi connectivity index (χ2v) is 5.71. The van der Waals surface area contributed by atoms with Crippen molar-refractivity contribution in [2.75, 3.05) is 11.9 Å². The van der Waals surface area contributed by atoms with E-state index in [1.807, 2.05) is 19.1 Å². The predicted molar refractivity (Wildman–Crippen MR) is 97.4 cm³/mol. The molecule has 0 aromatic heterocycles. The van der Waals surface area contributed by atoms with E-state index in [1.54, 1.807) is 43.3 Å². The van der Waals surface area contributed by atoms with Gasteiger partial charge in [-0.15, -0.1) is 0 Å². The van der Waals surface area contributed by atoms with Gasteiger partial charge in [-0.25, -0.2) is 0 Å². The topological polar surface area (TPSA) is 64.6 Å². The van der Waals surface area contributed by atoms with Crippen LogP contribution in [0.15, 0.2) is 48.5 Å². The minimum Gasteiger partial charge on any atom is -0.494 e. The Hall–Kier alpha value is -2.82. The number of Topliss-reactive ketones (excluding diaryl/α,β-unsaturated/α-hetero) is 1. The largest absolute Gasteiger partial charge is 0.494 e. The Morgan fingerprint density at radius 2 is 1.76 bits per heavy atom. The van der Waals surface area contributed by atoms with Crippen LogP contribution in [0.25, 0.3) is 0 Å². The Morgan fingerprint density at radius 1 is 1.08 bits per heavy atom. The molecule has 1 atom stereocenters. The highest BCUT2D eigenvalue weighted by Gasteiger charge is 2.15. The van der Waals surface area contributed by atoms with Gasteiger partial charge in [0, 0.05) is 11.3 Å². The molecular weight excluding hydrogens is 318 g/mol. The van der Waals surface area contributed by atoms with Gasteiger partial charge in [0.15, 0.2) is 11.9 Å². The van der Waals surface area contributed by atoms with Crippen molar-refractivity contribution in [1.82, 2.24) is 0 Å². The van der Waals surface area contributed by atoms with E-state index in [9.17, 15) is 9.59 Å². The Kier molecular flexibility index (Phi) is 6.57. The highest BCUT2D eigenvalue weighted by Crippen LogP contribution is 2.19. The number of benzene rings is 2. The molecule has 1 unspecified atom stereocenters. The molecule has 0 radical (unpaired) electrons. The van der Waals surface area contributed by atoms with Crippen molar-refractivity contribution in [1.29, 1.82) is 0 Å². The van der Waals surface area contributed by atoms with E-state index in [2.05, 4.69) is 5.32 Å². The molecular formula is C20H23NO4. The lowest BCUT2D eigenvalue weighted by molar-refractivity contribution is -0.122. The van der Waals surface area contributed by atoms with E-state index < -0.39 is 6.10 Å². The first kappa shape index (κ1) is 18.5. The molecule has 2 aromatic carbocycles. The molecule has 1 N–H and O–H groups in total. The van der Waals surface area contributed by atoms with E-state index in [0.717, 1.165) is 12.2 Å². The Balaban J connectivity index is 1.93. The van der Waals surface area contributed by atoms with Crippen LogP contribution in [-0.2, 0) is 4.79 Å². The van der Waals surface area contributed by atoms with Crippen molar-refractivity contribution < 1.29 is 19.1 Å². The van der Waals surface area contributed by atoms with Crippen LogP contribution in [0, 0.1) is 0 Å². The number of rotatable bonds is 8. The summed E-state index contributed by atoms with van der Waals surface area (Å²) in [7, 11) is 0. The molecule has 0 aliphatic carbocycles. The summed E-state index contributed by atoms with van der Waals surface area (Å²) in [5, 5.41) is 2.76. The van der Waals surface area contributed by atoms with Gasteiger partial charge in [-0.3, -0.25) is 9.59 Å². The van der Waals surface area contributed by atoms with Crippen LogP contribution >= 0.6 is 0 Å². The molecule has 5 nitrogen and oxygen atoms in total. The maximum atomic E-state index is 12.3. The summed E-state index contributed by atoms with van der Waals surface area (Å²) >= 11 is 0. The number of anilines is 1. The van der Waals surface area contributed by atoms with Crippen LogP contribution in [-0.4, -0.2) is 24.4 Å². The molecule has 0 spiro atoms. The van der Waals surface area contributed by atoms with Gasteiger partial charge in [-0.2, -0.15) is 0 Å². The molecule has 1 amide bonds. The standard InChI is InChI=1S/C20H23NO4/c1-4-12-24-18-8-10-19(11-9-18)25-15(3)20(23)21-17-7-5-6-16(13-17)14(2)22/h5-11,13,15H,4,12H2,1-3H3,(H,21,23). The lowest BCUT2D eigenvalue weighted by Crippen LogP contribution is -2.30. The van der Waals surface area contributed by atoms with Gasteiger partial charge in [-0.05, 0) is 56.7 Å². The van der Waals surface area contributed by atoms with Crippen molar-refractivity contribution in [3.63, 3.8) is 0 Å². The molecule has 0 aliphatic rings. The van der Waals surface area contributed by atoms with E-state index in [1.165, 1.54) is 6.92 Å². The molecule has 0 saturated carbocycles. The quantitative estimate of drug-likeness (QED) is 0.735. The normalized spacial score (nSPS) is 11.5. The first-order chi connectivity index (χ1) is 12.0. The van der Waals surface area contributed by atoms with E-state index in [4.69, 9.17) is 9.47 Å². The smallest absolute Gasteiger partial charge is 0.265 e. The lowest BCUT2D eigenvalue weighted by atomic mass is 10.1. The molecule has 0 fully saturated rings. The van der Waals surface area contributed by atoms with Gasteiger partial charge in [0.2, 0.25) is 0 Å². The SMILES string of the molecule is CCCOc1ccc(OC(C)C(=O)Nc2cccc(C(C)=O)c2)cc1. The molecule has 5 heteroatoms. The maximum Gasteiger partial charge on any atom is 0.265 e. The fourth-order valence-corrected chi connectivity index (χ4v) is 2.15. The van der Waals surface area contributed by atoms with Crippen LogP contribution in [0.5, 0.6) is 11.5 Å². The van der Waals surface area contributed by atoms with Gasteiger partial charge >= 0.3 is 0 Å². The number of carbonyl (C=O) groups excluding carboxylic acids is 2. The Labute approximate surface area is 148 Å². The van der Waals surface area contributed by atoms with Gasteiger partial charge in [0.1, 0.15) is 11.5 Å². The predicted octanol–water partition coefficient (Wildman–Crippen LogP) is 4.08. The third-order valence-corrected chi connectivity index (χ3v) is 3.52. The summed E-state index contributed by atoms with van der Waals surface area (Å²) < 4.78 is 11.2. The second-order valence-electron chi connectivity index (χ2n) is 5.71. The first-order valence-electron chi connectivity index (χ1n) is 8.31. The van der Waals surface area contributed by atoms with Crippen LogP contribution in [0.1, 0.15) is 37.6 Å². The fourth-order valence-electron chi connectivity index (χ4n) is 2.15. The minimum absolute atomic E-state index is 0.0502. The highest BCUT2D eigenvalue weighted by molar-refractivity contribution is 5.98. The van der Waals surface area contributed by atoms with Gasteiger partial charge in [0.25, 0.3) is 5.91 Å². The summed E-state index contributed by atoms with van der Waals surface area (Å²) in [6.07, 6.45) is 0.267. The summed E-state index contributed by atoms with van der Waals surface area (Å²) in [4.78, 5) is 23.7. The number of hydrogen-bond donors (Lipinski definition) is 1. The van der Waals surface area contributed by atoms with E-state index in [0.29, 0.717) is 23.6 Å². The number of amides is 1. The lowest BCUT2D eigenvalue weighted by Gasteiger charge is -2.15. The maximum absolute atomic E-state index is 12.3. The van der Waals surface area contributed by atoms with Gasteiger partial charge in [-0.1, -0.05) is 19.1 Å². The van der Waals surface area contributed by atoms with Crippen molar-refractivity contribution in [3.05, 3.63) is 54.1 Å². The molecule has 0 bridgehead atoms. The van der Waals surface area contributed by atoms with E-state index >= 15 is 0 Å². The summed E-state index contributed by atoms with van der Waals surface area (Å²) in [5.74, 6) is 1.02. The van der Waals surface area contributed by atoms with Gasteiger partial charge < -0.3 is 14.8 Å². The summed E-state index contributed by atoms with van der Waals surface area (Å²) in [6.45, 7) is 5.87. The molecule has 2 rings (SSSR count). The summed E-state index contributed by atoms with van der Waals surface area (Å²) in [6, 6.07) is 14.0. The molecule has 0 saturated heterocycles. The number of ether oxygens (including phenoxy) is 2. The third kappa shape index (κ3) is 5.64. The molecule has 0 heterocycles. The molecule has 0 aliphatic heterocycles. The third-order valence-electron chi connectivity index (χ3n) is 3.52. The van der Waals surface area contributed by atoms with Crippen LogP contribution in [0.3, 0.4) is 0 Å². The number of ketones is 1. The van der Waals surface area contributed by atoms with Crippen molar-refractivity contribution >= 4 is 17.4 Å². The Morgan fingerprint density at radius 3 is 2.40 bits per heavy atom. The average Bonchev–Trinajstić information content (AvgIpc) is 2.61. The van der Waals surface area contributed by atoms with Gasteiger partial charge in [0.05, 0.1) is 6.61 Å². The monoisotopic (exact) mass is 341 g/mol. The summed E-state index contributed by atoms with van der Waals surface area (Å²) in [5.41, 5.74) is 1.12. The van der Waals surface area contributed by atoms with Crippen LogP contribution in [0.2, 0.25) is 0 Å². The fraction of sp³-hybridized carbons (Fsp3) is 0.300. The number of carbonyl (C=O) groups is 2. The number of hydrogen-bond acceptors (Lipinski definition) is 4. The highest BCUT2D eigenvalue weighted by atomic mass is 16.5. The zero-order chi connectivity index (χ0) is 18.2. The first-order valence-corrected chi connectivity index (χ1v) is 8.31. The van der Waals surface area contributed by atoms with Crippen LogP contribution < -0.4 is 14.8 Å². The van der Waals surface area contributed by atoms with Crippen LogP contribution in [0.4, 0.5) is 5.69 Å². The van der Waals surface area contributed by atoms with Crippen molar-refractivity contribution in [2.24, 2.45) is 0 Å². The molecule has 25 heavy (non-hydrogen) atoms. The van der Waals surface area contributed by atoms with Crippen molar-refractivity contribution in [2.45, 2.75) is 33.3 Å². The second kappa shape index (κ2) is 8.87. The average molecular weight is 341 g/mol. The van der Waals surface area contributed by atoms with E-state index in [-0.39, 0.29) is 11.7 Å².